The largest absolute Gasteiger partial charge is 0.383 e. The zero-order valence-corrected chi connectivity index (χ0v) is 13.9. The quantitative estimate of drug-likeness (QED) is 0.814. The monoisotopic (exact) mass is 282 g/mol. The lowest BCUT2D eigenvalue weighted by atomic mass is 9.67. The molecule has 0 aromatic rings. The summed E-state index contributed by atoms with van der Waals surface area (Å²) in [5, 5.41) is 0. The van der Waals surface area contributed by atoms with Gasteiger partial charge in [0.2, 0.25) is 0 Å². The van der Waals surface area contributed by atoms with Gasteiger partial charge >= 0.3 is 0 Å². The van der Waals surface area contributed by atoms with E-state index in [1.807, 2.05) is 0 Å². The number of methoxy groups -OCH3 is 1. The Balaban J connectivity index is 1.90. The predicted octanol–water partition coefficient (Wildman–Crippen LogP) is 2.89. The fourth-order valence-corrected chi connectivity index (χ4v) is 3.66. The highest BCUT2D eigenvalue weighted by Crippen LogP contribution is 2.40. The van der Waals surface area contributed by atoms with E-state index in [1.54, 1.807) is 7.11 Å². The Labute approximate surface area is 125 Å². The van der Waals surface area contributed by atoms with E-state index in [1.165, 1.54) is 38.6 Å². The van der Waals surface area contributed by atoms with Gasteiger partial charge in [0.1, 0.15) is 0 Å². The van der Waals surface area contributed by atoms with Crippen molar-refractivity contribution in [3.8, 4) is 0 Å². The average molecular weight is 282 g/mol. The van der Waals surface area contributed by atoms with Crippen molar-refractivity contribution in [3.05, 3.63) is 0 Å². The van der Waals surface area contributed by atoms with Crippen LogP contribution in [0.25, 0.3) is 0 Å². The third-order valence-corrected chi connectivity index (χ3v) is 5.38. The molecule has 2 N–H and O–H groups in total. The van der Waals surface area contributed by atoms with Crippen molar-refractivity contribution < 1.29 is 4.74 Å². The Morgan fingerprint density at radius 3 is 2.40 bits per heavy atom. The van der Waals surface area contributed by atoms with Gasteiger partial charge < -0.3 is 10.5 Å². The van der Waals surface area contributed by atoms with Gasteiger partial charge in [-0.15, -0.1) is 0 Å². The Morgan fingerprint density at radius 2 is 1.85 bits per heavy atom. The lowest BCUT2D eigenvalue weighted by Crippen LogP contribution is -2.46. The summed E-state index contributed by atoms with van der Waals surface area (Å²) in [5.74, 6) is 1.50. The Morgan fingerprint density at radius 1 is 1.15 bits per heavy atom. The summed E-state index contributed by atoms with van der Waals surface area (Å²) in [4.78, 5) is 2.64. The molecule has 3 heteroatoms. The number of hydrogen-bond donors (Lipinski definition) is 1. The van der Waals surface area contributed by atoms with Gasteiger partial charge in [0.15, 0.2) is 0 Å². The summed E-state index contributed by atoms with van der Waals surface area (Å²) in [6, 6.07) is 1.21. The first-order valence-electron chi connectivity index (χ1n) is 8.40. The van der Waals surface area contributed by atoms with Crippen molar-refractivity contribution in [2.75, 3.05) is 26.8 Å². The van der Waals surface area contributed by atoms with E-state index in [0.717, 1.165) is 25.1 Å². The van der Waals surface area contributed by atoms with E-state index in [4.69, 9.17) is 10.5 Å². The molecule has 3 unspecified atom stereocenters. The van der Waals surface area contributed by atoms with E-state index in [9.17, 15) is 0 Å². The molecule has 0 saturated heterocycles. The van der Waals surface area contributed by atoms with Gasteiger partial charge in [-0.05, 0) is 49.4 Å². The van der Waals surface area contributed by atoms with Crippen molar-refractivity contribution in [2.24, 2.45) is 23.0 Å². The SMILES string of the molecule is COCCN(CC1CC(C(C)(C)C)CCC1N)C1CC1. The van der Waals surface area contributed by atoms with Crippen LogP contribution in [-0.4, -0.2) is 43.8 Å². The molecule has 20 heavy (non-hydrogen) atoms. The van der Waals surface area contributed by atoms with Crippen molar-refractivity contribution >= 4 is 0 Å². The Hall–Kier alpha value is -0.120. The zero-order valence-electron chi connectivity index (χ0n) is 13.9. The number of nitrogens with two attached hydrogens (primary N) is 1. The van der Waals surface area contributed by atoms with Crippen LogP contribution >= 0.6 is 0 Å². The number of nitrogens with zero attached hydrogens (tertiary/aromatic N) is 1. The van der Waals surface area contributed by atoms with Crippen LogP contribution in [0.2, 0.25) is 0 Å². The maximum atomic E-state index is 6.42. The second-order valence-electron chi connectivity index (χ2n) is 8.02. The molecule has 2 saturated carbocycles. The van der Waals surface area contributed by atoms with Gasteiger partial charge in [-0.25, -0.2) is 0 Å². The average Bonchev–Trinajstić information content (AvgIpc) is 3.19. The van der Waals surface area contributed by atoms with Crippen LogP contribution in [0.4, 0.5) is 0 Å². The van der Waals surface area contributed by atoms with Gasteiger partial charge in [0, 0.05) is 32.3 Å². The molecule has 118 valence electrons. The number of hydrogen-bond acceptors (Lipinski definition) is 3. The first-order chi connectivity index (χ1) is 9.41. The smallest absolute Gasteiger partial charge is 0.0589 e. The highest BCUT2D eigenvalue weighted by atomic mass is 16.5. The van der Waals surface area contributed by atoms with E-state index < -0.39 is 0 Å². The molecule has 0 radical (unpaired) electrons. The standard InChI is InChI=1S/C17H34N2O/c1-17(2,3)14-5-8-16(18)13(11-14)12-19(9-10-20-4)15-6-7-15/h13-16H,5-12,18H2,1-4H3. The fourth-order valence-electron chi connectivity index (χ4n) is 3.66. The first kappa shape index (κ1) is 16.3. The molecule has 3 atom stereocenters. The van der Waals surface area contributed by atoms with E-state index >= 15 is 0 Å². The van der Waals surface area contributed by atoms with Crippen molar-refractivity contribution in [1.82, 2.24) is 4.90 Å². The molecule has 0 bridgehead atoms. The summed E-state index contributed by atoms with van der Waals surface area (Å²) >= 11 is 0. The van der Waals surface area contributed by atoms with Gasteiger partial charge in [-0.1, -0.05) is 20.8 Å². The fraction of sp³-hybridized carbons (Fsp3) is 1.00. The Bertz CT molecular complexity index is 296. The molecular formula is C17H34N2O. The highest BCUT2D eigenvalue weighted by Gasteiger charge is 2.37. The third kappa shape index (κ3) is 4.44. The maximum Gasteiger partial charge on any atom is 0.0589 e. The molecule has 2 rings (SSSR count). The Kier molecular flexibility index (Phi) is 5.49. The number of ether oxygens (including phenoxy) is 1. The second-order valence-corrected chi connectivity index (χ2v) is 8.02. The number of rotatable bonds is 6. The minimum atomic E-state index is 0.400. The molecule has 0 heterocycles. The molecule has 0 spiro atoms. The van der Waals surface area contributed by atoms with Crippen LogP contribution in [0.15, 0.2) is 0 Å². The highest BCUT2D eigenvalue weighted by molar-refractivity contribution is 4.92. The molecular weight excluding hydrogens is 248 g/mol. The van der Waals surface area contributed by atoms with Crippen LogP contribution < -0.4 is 5.73 Å². The second kappa shape index (κ2) is 6.76. The lowest BCUT2D eigenvalue weighted by Gasteiger charge is -2.42. The summed E-state index contributed by atoms with van der Waals surface area (Å²) in [6.45, 7) is 10.3. The van der Waals surface area contributed by atoms with Gasteiger partial charge in [-0.2, -0.15) is 0 Å². The lowest BCUT2D eigenvalue weighted by molar-refractivity contribution is 0.0819. The van der Waals surface area contributed by atoms with Crippen LogP contribution in [0, 0.1) is 17.3 Å². The summed E-state index contributed by atoms with van der Waals surface area (Å²) < 4.78 is 5.27. The van der Waals surface area contributed by atoms with Crippen LogP contribution in [0.3, 0.4) is 0 Å². The first-order valence-corrected chi connectivity index (χ1v) is 8.40. The molecule has 2 aliphatic carbocycles. The van der Waals surface area contributed by atoms with Crippen LogP contribution in [-0.2, 0) is 4.74 Å². The van der Waals surface area contributed by atoms with Crippen molar-refractivity contribution in [2.45, 2.75) is 65.0 Å². The minimum absolute atomic E-state index is 0.400. The van der Waals surface area contributed by atoms with Crippen molar-refractivity contribution in [3.63, 3.8) is 0 Å². The van der Waals surface area contributed by atoms with Gasteiger partial charge in [-0.3, -0.25) is 4.90 Å². The van der Waals surface area contributed by atoms with Crippen molar-refractivity contribution in [1.29, 1.82) is 0 Å². The van der Waals surface area contributed by atoms with Gasteiger partial charge in [0.05, 0.1) is 6.61 Å². The summed E-state index contributed by atoms with van der Waals surface area (Å²) in [6.07, 6.45) is 6.56. The minimum Gasteiger partial charge on any atom is -0.383 e. The summed E-state index contributed by atoms with van der Waals surface area (Å²) in [5.41, 5.74) is 6.85. The predicted molar refractivity (Wildman–Crippen MR) is 84.7 cm³/mol. The van der Waals surface area contributed by atoms with Crippen LogP contribution in [0.1, 0.15) is 52.9 Å². The topological polar surface area (TPSA) is 38.5 Å². The van der Waals surface area contributed by atoms with E-state index in [2.05, 4.69) is 25.7 Å². The summed E-state index contributed by atoms with van der Waals surface area (Å²) in [7, 11) is 1.80. The van der Waals surface area contributed by atoms with E-state index in [-0.39, 0.29) is 0 Å². The molecule has 2 aliphatic rings. The van der Waals surface area contributed by atoms with Gasteiger partial charge in [0.25, 0.3) is 0 Å². The molecule has 0 aromatic carbocycles. The molecule has 0 aromatic heterocycles. The molecule has 0 aliphatic heterocycles. The van der Waals surface area contributed by atoms with E-state index in [0.29, 0.717) is 17.4 Å². The molecule has 0 amide bonds. The van der Waals surface area contributed by atoms with Crippen LogP contribution in [0.5, 0.6) is 0 Å². The molecule has 2 fully saturated rings. The molecule has 3 nitrogen and oxygen atoms in total. The maximum absolute atomic E-state index is 6.42. The zero-order chi connectivity index (χ0) is 14.8. The normalized spacial score (nSPS) is 31.8. The third-order valence-electron chi connectivity index (χ3n) is 5.38.